The topological polar surface area (TPSA) is 92.6 Å². The van der Waals surface area contributed by atoms with Gasteiger partial charge in [0.25, 0.3) is 0 Å². The zero-order valence-corrected chi connectivity index (χ0v) is 23.9. The summed E-state index contributed by atoms with van der Waals surface area (Å²) in [6.45, 7) is 2.97. The van der Waals surface area contributed by atoms with Gasteiger partial charge in [-0.3, -0.25) is 0 Å². The number of methoxy groups -OCH3 is 1. The van der Waals surface area contributed by atoms with Gasteiger partial charge in [-0.15, -0.1) is 17.5 Å². The maximum Gasteiger partial charge on any atom is 0.214 e. The van der Waals surface area contributed by atoms with E-state index in [1.54, 1.807) is 23.6 Å². The standard InChI is InChI=1S/C26H26BrN5O4S.ClH/c1-33-24-15-19(16-28-9-12-37-26-29-30-31-32(26)20-5-3-2-4-6-20)13-21(27)25(24)36-17-18-7-8-22-23(14-18)35-11-10-34-22;/h2-8,13-15,28H,9-12,16-17H2,1H3;1H. The van der Waals surface area contributed by atoms with Gasteiger partial charge >= 0.3 is 0 Å². The van der Waals surface area contributed by atoms with Crippen LogP contribution in [0.25, 0.3) is 5.69 Å². The first-order chi connectivity index (χ1) is 18.2. The lowest BCUT2D eigenvalue weighted by molar-refractivity contribution is 0.171. The molecule has 0 radical (unpaired) electrons. The lowest BCUT2D eigenvalue weighted by Crippen LogP contribution is -2.17. The molecule has 38 heavy (non-hydrogen) atoms. The molecule has 9 nitrogen and oxygen atoms in total. The van der Waals surface area contributed by atoms with Crippen LogP contribution in [0.15, 0.2) is 70.3 Å². The SMILES string of the molecule is COc1cc(CNCCSc2nnnn2-c2ccccc2)cc(Br)c1OCc1ccc2c(c1)OCCO2.Cl. The van der Waals surface area contributed by atoms with Crippen LogP contribution in [0.2, 0.25) is 0 Å². The van der Waals surface area contributed by atoms with Gasteiger partial charge in [-0.2, -0.15) is 4.68 Å². The van der Waals surface area contributed by atoms with Crippen LogP contribution in [0.4, 0.5) is 0 Å². The van der Waals surface area contributed by atoms with Crippen LogP contribution in [0.5, 0.6) is 23.0 Å². The molecule has 0 saturated carbocycles. The van der Waals surface area contributed by atoms with Crippen LogP contribution < -0.4 is 24.3 Å². The van der Waals surface area contributed by atoms with Crippen molar-refractivity contribution in [1.82, 2.24) is 25.5 Å². The number of nitrogens with zero attached hydrogens (tertiary/aromatic N) is 4. The summed E-state index contributed by atoms with van der Waals surface area (Å²) in [5.74, 6) is 3.65. The third-order valence-corrected chi connectivity index (χ3v) is 7.07. The summed E-state index contributed by atoms with van der Waals surface area (Å²) in [6, 6.07) is 19.7. The largest absolute Gasteiger partial charge is 0.493 e. The van der Waals surface area contributed by atoms with Crippen molar-refractivity contribution in [3.05, 3.63) is 76.3 Å². The Hall–Kier alpha value is -2.99. The second-order valence-electron chi connectivity index (χ2n) is 8.11. The number of hydrogen-bond acceptors (Lipinski definition) is 9. The Labute approximate surface area is 239 Å². The molecule has 0 amide bonds. The molecular weight excluding hydrogens is 594 g/mol. The van der Waals surface area contributed by atoms with Gasteiger partial charge in [0.1, 0.15) is 19.8 Å². The van der Waals surface area contributed by atoms with Gasteiger partial charge in [-0.1, -0.05) is 36.0 Å². The van der Waals surface area contributed by atoms with Gasteiger partial charge in [0.15, 0.2) is 23.0 Å². The summed E-state index contributed by atoms with van der Waals surface area (Å²) >= 11 is 5.25. The molecule has 1 N–H and O–H groups in total. The van der Waals surface area contributed by atoms with Crippen molar-refractivity contribution in [2.75, 3.05) is 32.6 Å². The Morgan fingerprint density at radius 2 is 1.84 bits per heavy atom. The number of hydrogen-bond donors (Lipinski definition) is 1. The Morgan fingerprint density at radius 3 is 2.66 bits per heavy atom. The smallest absolute Gasteiger partial charge is 0.214 e. The first-order valence-electron chi connectivity index (χ1n) is 11.8. The highest BCUT2D eigenvalue weighted by Gasteiger charge is 2.15. The van der Waals surface area contributed by atoms with Crippen LogP contribution in [0.3, 0.4) is 0 Å². The number of fused-ring (bicyclic) bond motifs is 1. The van der Waals surface area contributed by atoms with Gasteiger partial charge in [0.05, 0.1) is 17.3 Å². The number of rotatable bonds is 11. The molecule has 1 aliphatic heterocycles. The predicted molar refractivity (Wildman–Crippen MR) is 151 cm³/mol. The number of ether oxygens (including phenoxy) is 4. The highest BCUT2D eigenvalue weighted by atomic mass is 79.9. The summed E-state index contributed by atoms with van der Waals surface area (Å²) in [4.78, 5) is 0. The van der Waals surface area contributed by atoms with Gasteiger partial charge in [0.2, 0.25) is 5.16 Å². The summed E-state index contributed by atoms with van der Waals surface area (Å²) in [7, 11) is 1.64. The normalized spacial score (nSPS) is 12.1. The average Bonchev–Trinajstić information content (AvgIpc) is 3.41. The summed E-state index contributed by atoms with van der Waals surface area (Å²) in [5, 5.41) is 16.3. The second-order valence-corrected chi connectivity index (χ2v) is 10.0. The van der Waals surface area contributed by atoms with Crippen LogP contribution in [0.1, 0.15) is 11.1 Å². The number of nitrogens with one attached hydrogen (secondary N) is 1. The number of thioether (sulfide) groups is 1. The van der Waals surface area contributed by atoms with E-state index in [4.69, 9.17) is 18.9 Å². The van der Waals surface area contributed by atoms with Crippen molar-refractivity contribution >= 4 is 40.1 Å². The molecule has 5 rings (SSSR count). The van der Waals surface area contributed by atoms with Gasteiger partial charge < -0.3 is 24.3 Å². The van der Waals surface area contributed by atoms with E-state index < -0.39 is 0 Å². The molecule has 1 aliphatic rings. The Kier molecular flexibility index (Phi) is 10.1. The molecule has 0 spiro atoms. The van der Waals surface area contributed by atoms with Crippen LogP contribution in [-0.2, 0) is 13.2 Å². The summed E-state index contributed by atoms with van der Waals surface area (Å²) in [6.07, 6.45) is 0. The third-order valence-electron chi connectivity index (χ3n) is 5.56. The summed E-state index contributed by atoms with van der Waals surface area (Å²) in [5.41, 5.74) is 3.01. The van der Waals surface area contributed by atoms with E-state index in [9.17, 15) is 0 Å². The van der Waals surface area contributed by atoms with Crippen LogP contribution in [0, 0.1) is 0 Å². The minimum atomic E-state index is 0. The number of halogens is 2. The van der Waals surface area contributed by atoms with E-state index in [0.717, 1.165) is 50.2 Å². The van der Waals surface area contributed by atoms with Crippen LogP contribution >= 0.6 is 40.1 Å². The average molecular weight is 621 g/mol. The molecule has 3 aromatic carbocycles. The fourth-order valence-electron chi connectivity index (χ4n) is 3.80. The second kappa shape index (κ2) is 13.7. The maximum absolute atomic E-state index is 6.11. The molecule has 1 aromatic heterocycles. The van der Waals surface area contributed by atoms with Crippen molar-refractivity contribution < 1.29 is 18.9 Å². The number of tetrazole rings is 1. The third kappa shape index (κ3) is 6.90. The van der Waals surface area contributed by atoms with E-state index >= 15 is 0 Å². The Bertz CT molecular complexity index is 1340. The lowest BCUT2D eigenvalue weighted by atomic mass is 10.2. The minimum Gasteiger partial charge on any atom is -0.493 e. The van der Waals surface area contributed by atoms with Crippen LogP contribution in [-0.4, -0.2) is 52.8 Å². The molecule has 0 bridgehead atoms. The molecular formula is C26H27BrClN5O4S. The number of aromatic nitrogens is 4. The molecule has 12 heteroatoms. The first kappa shape index (κ1) is 28.0. The minimum absolute atomic E-state index is 0. The molecule has 0 aliphatic carbocycles. The summed E-state index contributed by atoms with van der Waals surface area (Å²) < 4.78 is 25.6. The lowest BCUT2D eigenvalue weighted by Gasteiger charge is -2.19. The van der Waals surface area contributed by atoms with Crippen molar-refractivity contribution in [1.29, 1.82) is 0 Å². The fraction of sp³-hybridized carbons (Fsp3) is 0.269. The molecule has 0 atom stereocenters. The molecule has 0 saturated heterocycles. The van der Waals surface area contributed by atoms with E-state index in [1.165, 1.54) is 0 Å². The quantitative estimate of drug-likeness (QED) is 0.182. The van der Waals surface area contributed by atoms with Crippen molar-refractivity contribution in [2.24, 2.45) is 0 Å². The Balaban J connectivity index is 0.00000336. The molecule has 200 valence electrons. The fourth-order valence-corrected chi connectivity index (χ4v) is 5.19. The number of benzene rings is 3. The van der Waals surface area contributed by atoms with Crippen molar-refractivity contribution in [3.8, 4) is 28.7 Å². The molecule has 0 unspecified atom stereocenters. The van der Waals surface area contributed by atoms with E-state index in [-0.39, 0.29) is 12.4 Å². The van der Waals surface area contributed by atoms with Crippen molar-refractivity contribution in [3.63, 3.8) is 0 Å². The van der Waals surface area contributed by atoms with Gasteiger partial charge in [-0.05, 0) is 73.9 Å². The highest BCUT2D eigenvalue weighted by molar-refractivity contribution is 9.10. The Morgan fingerprint density at radius 1 is 1.03 bits per heavy atom. The molecule has 0 fully saturated rings. The first-order valence-corrected chi connectivity index (χ1v) is 13.5. The maximum atomic E-state index is 6.11. The number of para-hydroxylation sites is 1. The zero-order chi connectivity index (χ0) is 25.5. The van der Waals surface area contributed by atoms with Gasteiger partial charge in [-0.25, -0.2) is 0 Å². The molecule has 4 aromatic rings. The highest BCUT2D eigenvalue weighted by Crippen LogP contribution is 2.38. The van der Waals surface area contributed by atoms with Crippen molar-refractivity contribution in [2.45, 2.75) is 18.3 Å². The monoisotopic (exact) mass is 619 g/mol. The molecule has 2 heterocycles. The predicted octanol–water partition coefficient (Wildman–Crippen LogP) is 5.09. The van der Waals surface area contributed by atoms with Gasteiger partial charge in [0, 0.05) is 18.8 Å². The van der Waals surface area contributed by atoms with E-state index in [2.05, 4.69) is 36.8 Å². The zero-order valence-electron chi connectivity index (χ0n) is 20.6. The van der Waals surface area contributed by atoms with E-state index in [0.29, 0.717) is 37.9 Å². The van der Waals surface area contributed by atoms with E-state index in [1.807, 2.05) is 60.7 Å².